The molecule has 0 heterocycles. The molecule has 92 valence electrons. The minimum atomic E-state index is -4.02. The molecular formula is C10H20F3NO. The monoisotopic (exact) mass is 227 g/mol. The maximum absolute atomic E-state index is 11.8. The van der Waals surface area contributed by atoms with E-state index < -0.39 is 12.6 Å². The van der Waals surface area contributed by atoms with Crippen molar-refractivity contribution in [3.63, 3.8) is 0 Å². The molecule has 5 heteroatoms. The van der Waals surface area contributed by atoms with Crippen molar-refractivity contribution < 1.29 is 17.9 Å². The van der Waals surface area contributed by atoms with Gasteiger partial charge in [-0.25, -0.2) is 0 Å². The lowest BCUT2D eigenvalue weighted by Crippen LogP contribution is -2.27. The fourth-order valence-electron chi connectivity index (χ4n) is 1.28. The average Bonchev–Trinajstić information content (AvgIpc) is 2.10. The molecule has 1 atom stereocenters. The Morgan fingerprint density at radius 1 is 1.27 bits per heavy atom. The van der Waals surface area contributed by atoms with Crippen LogP contribution in [0.2, 0.25) is 0 Å². The van der Waals surface area contributed by atoms with Crippen LogP contribution in [-0.2, 0) is 4.74 Å². The van der Waals surface area contributed by atoms with Gasteiger partial charge in [0, 0.05) is 26.2 Å². The Morgan fingerprint density at radius 2 is 1.93 bits per heavy atom. The molecule has 0 aliphatic heterocycles. The maximum Gasteiger partial charge on any atom is 0.389 e. The predicted octanol–water partition coefficient (Wildman–Crippen LogP) is 2.73. The van der Waals surface area contributed by atoms with Gasteiger partial charge in [-0.3, -0.25) is 0 Å². The van der Waals surface area contributed by atoms with Crippen molar-refractivity contribution in [1.29, 1.82) is 0 Å². The van der Waals surface area contributed by atoms with E-state index in [1.807, 2.05) is 6.92 Å². The molecule has 0 aromatic rings. The summed E-state index contributed by atoms with van der Waals surface area (Å²) >= 11 is 0. The fraction of sp³-hybridized carbons (Fsp3) is 1.00. The van der Waals surface area contributed by atoms with Gasteiger partial charge in [0.2, 0.25) is 0 Å². The van der Waals surface area contributed by atoms with Crippen LogP contribution in [0.25, 0.3) is 0 Å². The largest absolute Gasteiger partial charge is 0.389 e. The Morgan fingerprint density at radius 3 is 2.47 bits per heavy atom. The molecule has 0 aromatic carbocycles. The molecule has 0 saturated heterocycles. The first-order valence-electron chi connectivity index (χ1n) is 5.25. The van der Waals surface area contributed by atoms with Crippen LogP contribution in [0.5, 0.6) is 0 Å². The van der Waals surface area contributed by atoms with Crippen molar-refractivity contribution in [2.45, 2.75) is 44.8 Å². The van der Waals surface area contributed by atoms with E-state index >= 15 is 0 Å². The van der Waals surface area contributed by atoms with Gasteiger partial charge in [-0.1, -0.05) is 0 Å². The highest BCUT2D eigenvalue weighted by Gasteiger charge is 2.26. The summed E-state index contributed by atoms with van der Waals surface area (Å²) in [5, 5.41) is 3.16. The number of ether oxygens (including phenoxy) is 1. The first-order chi connectivity index (χ1) is 6.95. The molecule has 1 unspecified atom stereocenters. The highest BCUT2D eigenvalue weighted by atomic mass is 19.4. The van der Waals surface area contributed by atoms with Gasteiger partial charge in [0.1, 0.15) is 0 Å². The number of halogens is 3. The summed E-state index contributed by atoms with van der Waals surface area (Å²) < 4.78 is 40.3. The van der Waals surface area contributed by atoms with Gasteiger partial charge < -0.3 is 10.1 Å². The van der Waals surface area contributed by atoms with E-state index in [1.165, 1.54) is 0 Å². The summed E-state index contributed by atoms with van der Waals surface area (Å²) in [5.41, 5.74) is 0. The fourth-order valence-corrected chi connectivity index (χ4v) is 1.28. The normalized spacial score (nSPS) is 14.2. The van der Waals surface area contributed by atoms with Crippen LogP contribution >= 0.6 is 0 Å². The zero-order chi connectivity index (χ0) is 11.7. The zero-order valence-corrected chi connectivity index (χ0v) is 9.36. The summed E-state index contributed by atoms with van der Waals surface area (Å²) in [5.74, 6) is 0. The summed E-state index contributed by atoms with van der Waals surface area (Å²) in [7, 11) is 1.63. The lowest BCUT2D eigenvalue weighted by molar-refractivity contribution is -0.135. The lowest BCUT2D eigenvalue weighted by atomic mass is 10.1. The van der Waals surface area contributed by atoms with Gasteiger partial charge in [0.25, 0.3) is 0 Å². The van der Waals surface area contributed by atoms with Gasteiger partial charge in [0.05, 0.1) is 0 Å². The van der Waals surface area contributed by atoms with Crippen molar-refractivity contribution >= 4 is 0 Å². The third-order valence-electron chi connectivity index (χ3n) is 2.12. The van der Waals surface area contributed by atoms with Crippen LogP contribution in [0, 0.1) is 0 Å². The van der Waals surface area contributed by atoms with Crippen molar-refractivity contribution in [3.8, 4) is 0 Å². The van der Waals surface area contributed by atoms with Crippen molar-refractivity contribution in [1.82, 2.24) is 5.32 Å². The Hall–Kier alpha value is -0.290. The number of hydrogen-bond acceptors (Lipinski definition) is 2. The zero-order valence-electron chi connectivity index (χ0n) is 9.36. The minimum absolute atomic E-state index is 0.143. The molecule has 0 aliphatic carbocycles. The van der Waals surface area contributed by atoms with Crippen LogP contribution in [-0.4, -0.2) is 32.5 Å². The molecule has 2 nitrogen and oxygen atoms in total. The number of alkyl halides is 3. The van der Waals surface area contributed by atoms with Gasteiger partial charge in [-0.2, -0.15) is 13.2 Å². The molecule has 0 fully saturated rings. The summed E-state index contributed by atoms with van der Waals surface area (Å²) in [6, 6.07) is 0.143. The Balaban J connectivity index is 3.29. The predicted molar refractivity (Wildman–Crippen MR) is 53.9 cm³/mol. The SMILES string of the molecule is COCCCNC(C)CCCC(F)(F)F. The third kappa shape index (κ3) is 11.6. The van der Waals surface area contributed by atoms with E-state index in [2.05, 4.69) is 5.32 Å². The highest BCUT2D eigenvalue weighted by Crippen LogP contribution is 2.22. The Labute approximate surface area is 89.2 Å². The quantitative estimate of drug-likeness (QED) is 0.644. The third-order valence-corrected chi connectivity index (χ3v) is 2.12. The van der Waals surface area contributed by atoms with E-state index in [9.17, 15) is 13.2 Å². The van der Waals surface area contributed by atoms with Crippen LogP contribution < -0.4 is 5.32 Å². The standard InChI is InChI=1S/C10H20F3NO/c1-9(14-7-4-8-15-2)5-3-6-10(11,12)13/h9,14H,3-8H2,1-2H3. The summed E-state index contributed by atoms with van der Waals surface area (Å²) in [6.07, 6.45) is -3.05. The van der Waals surface area contributed by atoms with Crippen molar-refractivity contribution in [3.05, 3.63) is 0 Å². The number of rotatable bonds is 8. The van der Waals surface area contributed by atoms with Gasteiger partial charge in [0.15, 0.2) is 0 Å². The van der Waals surface area contributed by atoms with Gasteiger partial charge in [-0.05, 0) is 32.7 Å². The molecule has 0 spiro atoms. The Kier molecular flexibility index (Phi) is 7.78. The van der Waals surface area contributed by atoms with Crippen LogP contribution in [0.4, 0.5) is 13.2 Å². The van der Waals surface area contributed by atoms with Crippen molar-refractivity contribution in [2.75, 3.05) is 20.3 Å². The van der Waals surface area contributed by atoms with E-state index in [4.69, 9.17) is 4.74 Å². The second-order valence-corrected chi connectivity index (χ2v) is 3.71. The van der Waals surface area contributed by atoms with E-state index in [0.717, 1.165) is 13.0 Å². The molecule has 0 aliphatic rings. The molecule has 0 saturated carbocycles. The Bertz CT molecular complexity index is 150. The van der Waals surface area contributed by atoms with Crippen LogP contribution in [0.1, 0.15) is 32.6 Å². The second kappa shape index (κ2) is 7.93. The molecule has 1 N–H and O–H groups in total. The topological polar surface area (TPSA) is 21.3 Å². The average molecular weight is 227 g/mol. The van der Waals surface area contributed by atoms with E-state index in [0.29, 0.717) is 13.0 Å². The molecule has 0 amide bonds. The summed E-state index contributed by atoms with van der Waals surface area (Å²) in [6.45, 7) is 3.38. The molecule has 0 radical (unpaired) electrons. The maximum atomic E-state index is 11.8. The molecule has 0 rings (SSSR count). The highest BCUT2D eigenvalue weighted by molar-refractivity contribution is 4.62. The van der Waals surface area contributed by atoms with Crippen LogP contribution in [0.3, 0.4) is 0 Å². The lowest BCUT2D eigenvalue weighted by Gasteiger charge is -2.14. The number of hydrogen-bond donors (Lipinski definition) is 1. The number of nitrogens with one attached hydrogen (secondary N) is 1. The molecule has 0 aromatic heterocycles. The number of methoxy groups -OCH3 is 1. The molecule has 15 heavy (non-hydrogen) atoms. The first kappa shape index (κ1) is 14.7. The van der Waals surface area contributed by atoms with Gasteiger partial charge >= 0.3 is 6.18 Å². The summed E-state index contributed by atoms with van der Waals surface area (Å²) in [4.78, 5) is 0. The van der Waals surface area contributed by atoms with E-state index in [-0.39, 0.29) is 12.5 Å². The second-order valence-electron chi connectivity index (χ2n) is 3.71. The first-order valence-corrected chi connectivity index (χ1v) is 5.25. The minimum Gasteiger partial charge on any atom is -0.385 e. The van der Waals surface area contributed by atoms with E-state index in [1.54, 1.807) is 7.11 Å². The molecule has 0 bridgehead atoms. The molecular weight excluding hydrogens is 207 g/mol. The smallest absolute Gasteiger partial charge is 0.385 e. The van der Waals surface area contributed by atoms with Gasteiger partial charge in [-0.15, -0.1) is 0 Å². The van der Waals surface area contributed by atoms with Crippen LogP contribution in [0.15, 0.2) is 0 Å². The van der Waals surface area contributed by atoms with Crippen molar-refractivity contribution in [2.24, 2.45) is 0 Å².